The summed E-state index contributed by atoms with van der Waals surface area (Å²) in [4.78, 5) is 11.0. The molecule has 0 bridgehead atoms. The van der Waals surface area contributed by atoms with Crippen molar-refractivity contribution < 1.29 is 9.53 Å². The number of nitrogens with zero attached hydrogens (tertiary/aromatic N) is 1. The molecular weight excluding hydrogens is 478 g/mol. The van der Waals surface area contributed by atoms with Gasteiger partial charge in [-0.2, -0.15) is 5.26 Å². The second-order valence-electron chi connectivity index (χ2n) is 11.6. The number of nitriles is 1. The van der Waals surface area contributed by atoms with Crippen LogP contribution in [0.2, 0.25) is 0 Å². The summed E-state index contributed by atoms with van der Waals surface area (Å²) in [5.74, 6) is 0.176. The van der Waals surface area contributed by atoms with Gasteiger partial charge in [-0.15, -0.1) is 0 Å². The van der Waals surface area contributed by atoms with E-state index in [1.165, 1.54) is 86.1 Å². The quantitative estimate of drug-likeness (QED) is 0.117. The molecule has 0 spiro atoms. The molecule has 1 saturated carbocycles. The van der Waals surface area contributed by atoms with Crippen molar-refractivity contribution >= 4 is 5.97 Å². The smallest absolute Gasteiger partial charge is 0.330 e. The number of ether oxygens (including phenoxy) is 1. The largest absolute Gasteiger partial charge is 0.463 e. The molecule has 0 radical (unpaired) electrons. The third-order valence-electron chi connectivity index (χ3n) is 8.50. The summed E-state index contributed by atoms with van der Waals surface area (Å²) in [5, 5.41) is 10.2. The lowest BCUT2D eigenvalue weighted by Gasteiger charge is -2.36. The van der Waals surface area contributed by atoms with Crippen molar-refractivity contribution in [2.45, 2.75) is 116 Å². The molecule has 3 heteroatoms. The summed E-state index contributed by atoms with van der Waals surface area (Å²) in [6.07, 6.45) is 19.7. The fourth-order valence-electron chi connectivity index (χ4n) is 6.17. The minimum Gasteiger partial charge on any atom is -0.463 e. The summed E-state index contributed by atoms with van der Waals surface area (Å²) in [5.41, 5.74) is 5.22. The van der Waals surface area contributed by atoms with Gasteiger partial charge in [0.2, 0.25) is 0 Å². The highest BCUT2D eigenvalue weighted by molar-refractivity contribution is 5.81. The number of benzene rings is 2. The first-order valence-corrected chi connectivity index (χ1v) is 15.5. The van der Waals surface area contributed by atoms with Crippen LogP contribution in [-0.4, -0.2) is 12.6 Å². The van der Waals surface area contributed by atoms with Crippen LogP contribution in [0.3, 0.4) is 0 Å². The lowest BCUT2D eigenvalue weighted by molar-refractivity contribution is -0.137. The van der Waals surface area contributed by atoms with Crippen molar-refractivity contribution in [2.75, 3.05) is 6.61 Å². The first-order chi connectivity index (χ1) is 19.1. The van der Waals surface area contributed by atoms with Crippen LogP contribution in [0.4, 0.5) is 0 Å². The number of carbonyl (C=O) groups excluding carboxylic acids is 1. The molecule has 1 aliphatic carbocycles. The SMILES string of the molecule is C=CC(=O)OCCCCCCCCCCCC1(C#N)CCCC(c2ccc(-c3ccc(CCC)cc3)cc2)C1. The minimum atomic E-state index is -0.324. The third kappa shape index (κ3) is 10.3. The standard InChI is InChI=1S/C36H49NO2/c1-3-15-30-17-19-31(20-18-30)32-21-23-33(24-22-32)34-16-14-26-36(28-34,29-37)25-12-10-8-6-5-7-9-11-13-27-39-35(38)4-2/h4,17-24,34H,2-3,5-16,25-28H2,1H3. The molecule has 0 amide bonds. The molecule has 210 valence electrons. The molecule has 3 rings (SSSR count). The Hall–Kier alpha value is -2.86. The van der Waals surface area contributed by atoms with Gasteiger partial charge in [0, 0.05) is 6.08 Å². The molecule has 0 aliphatic heterocycles. The van der Waals surface area contributed by atoms with Gasteiger partial charge in [-0.05, 0) is 66.7 Å². The lowest BCUT2D eigenvalue weighted by Crippen LogP contribution is -2.26. The molecule has 1 fully saturated rings. The fraction of sp³-hybridized carbons (Fsp3) is 0.556. The van der Waals surface area contributed by atoms with Crippen molar-refractivity contribution in [3.63, 3.8) is 0 Å². The molecule has 3 nitrogen and oxygen atoms in total. The van der Waals surface area contributed by atoms with Crippen molar-refractivity contribution in [1.82, 2.24) is 0 Å². The van der Waals surface area contributed by atoms with E-state index in [2.05, 4.69) is 68.1 Å². The maximum atomic E-state index is 11.0. The maximum Gasteiger partial charge on any atom is 0.330 e. The van der Waals surface area contributed by atoms with E-state index in [0.717, 1.165) is 44.9 Å². The summed E-state index contributed by atoms with van der Waals surface area (Å²) >= 11 is 0. The van der Waals surface area contributed by atoms with Crippen LogP contribution in [0.5, 0.6) is 0 Å². The number of rotatable bonds is 17. The predicted octanol–water partition coefficient (Wildman–Crippen LogP) is 10.1. The Labute approximate surface area is 237 Å². The number of unbranched alkanes of at least 4 members (excludes halogenated alkanes) is 8. The average Bonchev–Trinajstić information content (AvgIpc) is 2.98. The van der Waals surface area contributed by atoms with Gasteiger partial charge in [-0.1, -0.05) is 126 Å². The zero-order valence-electron chi connectivity index (χ0n) is 24.3. The second-order valence-corrected chi connectivity index (χ2v) is 11.6. The minimum absolute atomic E-state index is 0.147. The van der Waals surface area contributed by atoms with Crippen LogP contribution >= 0.6 is 0 Å². The van der Waals surface area contributed by atoms with Crippen molar-refractivity contribution in [1.29, 1.82) is 5.26 Å². The molecule has 2 atom stereocenters. The second kappa shape index (κ2) is 17.0. The van der Waals surface area contributed by atoms with Gasteiger partial charge >= 0.3 is 5.97 Å². The number of hydrogen-bond donors (Lipinski definition) is 0. The number of aryl methyl sites for hydroxylation is 1. The van der Waals surface area contributed by atoms with Gasteiger partial charge in [0.25, 0.3) is 0 Å². The van der Waals surface area contributed by atoms with Gasteiger partial charge < -0.3 is 4.74 Å². The summed E-state index contributed by atoms with van der Waals surface area (Å²) in [6, 6.07) is 20.9. The number of hydrogen-bond acceptors (Lipinski definition) is 3. The molecule has 2 aromatic carbocycles. The predicted molar refractivity (Wildman–Crippen MR) is 162 cm³/mol. The topological polar surface area (TPSA) is 50.1 Å². The molecule has 2 aromatic rings. The van der Waals surface area contributed by atoms with Crippen molar-refractivity contribution in [2.24, 2.45) is 5.41 Å². The molecule has 0 aromatic heterocycles. The Bertz CT molecular complexity index is 1030. The molecule has 39 heavy (non-hydrogen) atoms. The monoisotopic (exact) mass is 527 g/mol. The Morgan fingerprint density at radius 1 is 0.949 bits per heavy atom. The first-order valence-electron chi connectivity index (χ1n) is 15.5. The van der Waals surface area contributed by atoms with E-state index >= 15 is 0 Å². The maximum absolute atomic E-state index is 11.0. The van der Waals surface area contributed by atoms with Crippen LogP contribution in [0.1, 0.15) is 120 Å². The van der Waals surface area contributed by atoms with Crippen LogP contribution in [-0.2, 0) is 16.0 Å². The normalized spacial score (nSPS) is 18.8. The highest BCUT2D eigenvalue weighted by Gasteiger charge is 2.36. The van der Waals surface area contributed by atoms with E-state index in [1.807, 2.05) is 0 Å². The van der Waals surface area contributed by atoms with E-state index in [9.17, 15) is 10.1 Å². The van der Waals surface area contributed by atoms with Crippen molar-refractivity contribution in [3.8, 4) is 17.2 Å². The average molecular weight is 528 g/mol. The zero-order valence-corrected chi connectivity index (χ0v) is 24.3. The number of esters is 1. The van der Waals surface area contributed by atoms with E-state index < -0.39 is 0 Å². The Morgan fingerprint density at radius 3 is 2.13 bits per heavy atom. The highest BCUT2D eigenvalue weighted by atomic mass is 16.5. The number of carbonyl (C=O) groups is 1. The summed E-state index contributed by atoms with van der Waals surface area (Å²) in [6.45, 7) is 6.14. The van der Waals surface area contributed by atoms with Crippen LogP contribution in [0.25, 0.3) is 11.1 Å². The lowest BCUT2D eigenvalue weighted by atomic mass is 9.66. The fourth-order valence-corrected chi connectivity index (χ4v) is 6.17. The molecule has 0 heterocycles. The molecule has 1 aliphatic rings. The van der Waals surface area contributed by atoms with Gasteiger partial charge in [-0.25, -0.2) is 4.79 Å². The van der Waals surface area contributed by atoms with Gasteiger partial charge in [-0.3, -0.25) is 0 Å². The van der Waals surface area contributed by atoms with E-state index in [0.29, 0.717) is 12.5 Å². The van der Waals surface area contributed by atoms with Gasteiger partial charge in [0.1, 0.15) is 0 Å². The van der Waals surface area contributed by atoms with Crippen LogP contribution in [0.15, 0.2) is 61.2 Å². The molecule has 0 N–H and O–H groups in total. The molecule has 0 saturated heterocycles. The van der Waals surface area contributed by atoms with E-state index in [1.54, 1.807) is 0 Å². The van der Waals surface area contributed by atoms with Gasteiger partial charge in [0.05, 0.1) is 18.1 Å². The molecular formula is C36H49NO2. The Balaban J connectivity index is 1.35. The summed E-state index contributed by atoms with van der Waals surface area (Å²) < 4.78 is 5.01. The van der Waals surface area contributed by atoms with Gasteiger partial charge in [0.15, 0.2) is 0 Å². The summed E-state index contributed by atoms with van der Waals surface area (Å²) in [7, 11) is 0. The van der Waals surface area contributed by atoms with Crippen LogP contribution in [0, 0.1) is 16.7 Å². The first kappa shape index (κ1) is 30.7. The molecule has 2 unspecified atom stereocenters. The third-order valence-corrected chi connectivity index (χ3v) is 8.50. The van der Waals surface area contributed by atoms with E-state index in [4.69, 9.17) is 4.74 Å². The Morgan fingerprint density at radius 2 is 1.54 bits per heavy atom. The Kier molecular flexibility index (Phi) is 13.3. The van der Waals surface area contributed by atoms with Crippen LogP contribution < -0.4 is 0 Å². The highest BCUT2D eigenvalue weighted by Crippen LogP contribution is 2.46. The van der Waals surface area contributed by atoms with E-state index in [-0.39, 0.29) is 11.4 Å². The zero-order chi connectivity index (χ0) is 27.8. The van der Waals surface area contributed by atoms with Crippen molar-refractivity contribution in [3.05, 3.63) is 72.3 Å².